The Labute approximate surface area is 211 Å². The average Bonchev–Trinajstić information content (AvgIpc) is 3.74. The molecule has 5 rings (SSSR count). The molecule has 3 aliphatic carbocycles. The van der Waals surface area contributed by atoms with Crippen LogP contribution in [0, 0.1) is 5.92 Å². The lowest BCUT2D eigenvalue weighted by Gasteiger charge is -2.21. The Kier molecular flexibility index (Phi) is 6.61. The van der Waals surface area contributed by atoms with E-state index in [1.54, 1.807) is 12.1 Å². The summed E-state index contributed by atoms with van der Waals surface area (Å²) in [6, 6.07) is 5.35. The van der Waals surface area contributed by atoms with Crippen molar-refractivity contribution < 1.29 is 26.4 Å². The van der Waals surface area contributed by atoms with Crippen molar-refractivity contribution in [2.45, 2.75) is 84.8 Å². The maximum Gasteiger partial charge on any atom is 0.194 e. The molecule has 2 aromatic rings. The third kappa shape index (κ3) is 5.44. The van der Waals surface area contributed by atoms with Crippen molar-refractivity contribution in [2.24, 2.45) is 5.92 Å². The molecule has 0 aliphatic heterocycles. The molecular formula is C26H30N2O6S2. The number of benzene rings is 1. The Bertz CT molecular complexity index is 1410. The van der Waals surface area contributed by atoms with Gasteiger partial charge in [0.2, 0.25) is 0 Å². The topological polar surface area (TPSA) is 128 Å². The summed E-state index contributed by atoms with van der Waals surface area (Å²) in [7, 11) is -6.85. The molecule has 1 aromatic heterocycles. The highest BCUT2D eigenvalue weighted by molar-refractivity contribution is 7.92. The zero-order valence-electron chi connectivity index (χ0n) is 20.2. The molecule has 0 radical (unpaired) electrons. The van der Waals surface area contributed by atoms with Crippen LogP contribution in [0.3, 0.4) is 0 Å². The van der Waals surface area contributed by atoms with Gasteiger partial charge in [0.25, 0.3) is 0 Å². The van der Waals surface area contributed by atoms with Gasteiger partial charge in [-0.25, -0.2) is 21.8 Å². The van der Waals surface area contributed by atoms with Gasteiger partial charge in [-0.1, -0.05) is 12.1 Å². The molecule has 0 saturated heterocycles. The van der Waals surface area contributed by atoms with E-state index < -0.39 is 25.6 Å². The Balaban J connectivity index is 1.45. The monoisotopic (exact) mass is 530 g/mol. The van der Waals surface area contributed by atoms with Gasteiger partial charge in [0.1, 0.15) is 11.6 Å². The fraction of sp³-hybridized carbons (Fsp3) is 0.538. The van der Waals surface area contributed by atoms with Crippen molar-refractivity contribution in [2.75, 3.05) is 6.26 Å². The van der Waals surface area contributed by atoms with Crippen LogP contribution in [0.1, 0.15) is 80.0 Å². The second-order valence-corrected chi connectivity index (χ2v) is 14.7. The lowest BCUT2D eigenvalue weighted by atomic mass is 9.83. The summed E-state index contributed by atoms with van der Waals surface area (Å²) >= 11 is 0. The zero-order chi connectivity index (χ0) is 25.7. The van der Waals surface area contributed by atoms with E-state index in [1.165, 1.54) is 6.20 Å². The lowest BCUT2D eigenvalue weighted by Crippen LogP contribution is -2.20. The standard InChI is InChI=1S/C26H30N2O6S2/c1-35(31,32)26-15-27-19(14-28-26)13-24(30)22(11-16-2-6-20(29)10-16)18-5-9-25(23(12-18)17-3-4-17)36(33,34)21-7-8-21/h5,9,12,14-17,21-22H,2-4,6-8,10-11,13H2,1H3/t16-,22+/m0/s1. The van der Waals surface area contributed by atoms with Gasteiger partial charge in [0, 0.05) is 25.0 Å². The predicted molar refractivity (Wildman–Crippen MR) is 132 cm³/mol. The summed E-state index contributed by atoms with van der Waals surface area (Å²) in [5.74, 6) is -0.100. The third-order valence-electron chi connectivity index (χ3n) is 7.45. The molecule has 0 N–H and O–H groups in total. The molecule has 0 amide bonds. The largest absolute Gasteiger partial charge is 0.300 e. The first-order chi connectivity index (χ1) is 17.0. The first-order valence-corrected chi connectivity index (χ1v) is 15.9. The molecule has 10 heteroatoms. The number of hydrogen-bond acceptors (Lipinski definition) is 8. The van der Waals surface area contributed by atoms with E-state index in [9.17, 15) is 26.4 Å². The SMILES string of the molecule is CS(=O)(=O)c1cnc(CC(=O)[C@H](C[C@H]2CCC(=O)C2)c2ccc(S(=O)(=O)C3CC3)c(C3CC3)c2)cn1. The Morgan fingerprint density at radius 1 is 1.03 bits per heavy atom. The summed E-state index contributed by atoms with van der Waals surface area (Å²) in [5, 5.41) is -0.447. The van der Waals surface area contributed by atoms with Crippen LogP contribution in [0.15, 0.2) is 40.5 Å². The number of carbonyl (C=O) groups excluding carboxylic acids is 2. The number of carbonyl (C=O) groups is 2. The Morgan fingerprint density at radius 3 is 2.33 bits per heavy atom. The van der Waals surface area contributed by atoms with Crippen molar-refractivity contribution >= 4 is 31.2 Å². The molecule has 192 valence electrons. The molecule has 3 aliphatic rings. The van der Waals surface area contributed by atoms with E-state index in [0.29, 0.717) is 42.7 Å². The molecule has 0 unspecified atom stereocenters. The summed E-state index contributed by atoms with van der Waals surface area (Å²) in [5.41, 5.74) is 1.96. The second kappa shape index (κ2) is 9.45. The minimum Gasteiger partial charge on any atom is -0.300 e. The number of Topliss-reactive ketones (excluding diaryl/α,β-unsaturated/α-hetero) is 2. The van der Waals surface area contributed by atoms with Crippen LogP contribution in [-0.4, -0.2) is 49.9 Å². The summed E-state index contributed by atoms with van der Waals surface area (Å²) in [4.78, 5) is 34.0. The minimum atomic E-state index is -3.49. The molecule has 0 bridgehead atoms. The van der Waals surface area contributed by atoms with Crippen molar-refractivity contribution in [3.63, 3.8) is 0 Å². The van der Waals surface area contributed by atoms with E-state index in [2.05, 4.69) is 9.97 Å². The van der Waals surface area contributed by atoms with Crippen molar-refractivity contribution in [1.82, 2.24) is 9.97 Å². The molecule has 36 heavy (non-hydrogen) atoms. The van der Waals surface area contributed by atoms with Crippen LogP contribution >= 0.6 is 0 Å². The summed E-state index contributed by atoms with van der Waals surface area (Å²) in [6.45, 7) is 0. The molecule has 1 heterocycles. The van der Waals surface area contributed by atoms with Gasteiger partial charge >= 0.3 is 0 Å². The molecule has 2 atom stereocenters. The number of aromatic nitrogens is 2. The van der Waals surface area contributed by atoms with Crippen LogP contribution in [0.25, 0.3) is 0 Å². The summed E-state index contributed by atoms with van der Waals surface area (Å²) in [6.07, 6.45) is 9.00. The number of hydrogen-bond donors (Lipinski definition) is 0. The number of nitrogens with zero attached hydrogens (tertiary/aromatic N) is 2. The molecule has 1 aromatic carbocycles. The highest BCUT2D eigenvalue weighted by Crippen LogP contribution is 2.47. The quantitative estimate of drug-likeness (QED) is 0.457. The van der Waals surface area contributed by atoms with Gasteiger partial charge in [0.15, 0.2) is 24.7 Å². The molecular weight excluding hydrogens is 500 g/mol. The fourth-order valence-corrected chi connectivity index (χ4v) is 7.54. The van der Waals surface area contributed by atoms with Crippen molar-refractivity contribution in [3.05, 3.63) is 47.4 Å². The fourth-order valence-electron chi connectivity index (χ4n) is 5.12. The number of rotatable bonds is 10. The number of ketones is 2. The van der Waals surface area contributed by atoms with Gasteiger partial charge < -0.3 is 0 Å². The van der Waals surface area contributed by atoms with Gasteiger partial charge in [-0.3, -0.25) is 14.6 Å². The average molecular weight is 531 g/mol. The number of sulfone groups is 2. The zero-order valence-corrected chi connectivity index (χ0v) is 21.9. The minimum absolute atomic E-state index is 0.0245. The molecule has 0 spiro atoms. The Hall–Kier alpha value is -2.46. The van der Waals surface area contributed by atoms with Crippen LogP contribution in [0.4, 0.5) is 0 Å². The summed E-state index contributed by atoms with van der Waals surface area (Å²) < 4.78 is 49.5. The van der Waals surface area contributed by atoms with Crippen LogP contribution in [0.2, 0.25) is 0 Å². The van der Waals surface area contributed by atoms with Gasteiger partial charge in [-0.2, -0.15) is 0 Å². The van der Waals surface area contributed by atoms with Crippen LogP contribution in [-0.2, 0) is 35.7 Å². The smallest absolute Gasteiger partial charge is 0.194 e. The Morgan fingerprint density at radius 2 is 1.78 bits per heavy atom. The van der Waals surface area contributed by atoms with Crippen molar-refractivity contribution in [3.8, 4) is 0 Å². The van der Waals surface area contributed by atoms with E-state index >= 15 is 0 Å². The second-order valence-electron chi connectivity index (χ2n) is 10.5. The normalized spacial score (nSPS) is 21.5. The highest BCUT2D eigenvalue weighted by Gasteiger charge is 2.41. The van der Waals surface area contributed by atoms with E-state index in [4.69, 9.17) is 0 Å². The van der Waals surface area contributed by atoms with Crippen LogP contribution in [0.5, 0.6) is 0 Å². The first kappa shape index (κ1) is 25.2. The predicted octanol–water partition coefficient (Wildman–Crippen LogP) is 3.35. The first-order valence-electron chi connectivity index (χ1n) is 12.5. The van der Waals surface area contributed by atoms with Gasteiger partial charge in [-0.05, 0) is 67.6 Å². The maximum atomic E-state index is 13.6. The molecule has 3 fully saturated rings. The molecule has 3 saturated carbocycles. The van der Waals surface area contributed by atoms with E-state index in [1.807, 2.05) is 6.07 Å². The highest BCUT2D eigenvalue weighted by atomic mass is 32.2. The lowest BCUT2D eigenvalue weighted by molar-refractivity contribution is -0.121. The molecule has 8 nitrogen and oxygen atoms in total. The van der Waals surface area contributed by atoms with E-state index in [0.717, 1.165) is 42.8 Å². The van der Waals surface area contributed by atoms with E-state index in [-0.39, 0.29) is 40.1 Å². The van der Waals surface area contributed by atoms with Gasteiger partial charge in [0.05, 0.1) is 34.7 Å². The van der Waals surface area contributed by atoms with Crippen LogP contribution < -0.4 is 0 Å². The third-order valence-corrected chi connectivity index (χ3v) is 10.7. The van der Waals surface area contributed by atoms with Crippen molar-refractivity contribution in [1.29, 1.82) is 0 Å². The van der Waals surface area contributed by atoms with Gasteiger partial charge in [-0.15, -0.1) is 0 Å². The maximum absolute atomic E-state index is 13.6.